The summed E-state index contributed by atoms with van der Waals surface area (Å²) >= 11 is 0. The summed E-state index contributed by atoms with van der Waals surface area (Å²) in [5.74, 6) is 3.34. The van der Waals surface area contributed by atoms with E-state index in [4.69, 9.17) is 0 Å². The maximum Gasteiger partial charge on any atom is -0.0406 e. The van der Waals surface area contributed by atoms with Crippen LogP contribution in [-0.4, -0.2) is 0 Å². The summed E-state index contributed by atoms with van der Waals surface area (Å²) in [4.78, 5) is 0. The fourth-order valence-corrected chi connectivity index (χ4v) is 2.51. The summed E-state index contributed by atoms with van der Waals surface area (Å²) in [6, 6.07) is 0. The molecule has 3 saturated carbocycles. The summed E-state index contributed by atoms with van der Waals surface area (Å²) in [7, 11) is 0. The van der Waals surface area contributed by atoms with Crippen molar-refractivity contribution in [3.63, 3.8) is 0 Å². The van der Waals surface area contributed by atoms with Crippen LogP contribution >= 0.6 is 0 Å². The molecule has 0 aromatic rings. The van der Waals surface area contributed by atoms with E-state index in [0.717, 1.165) is 17.8 Å². The van der Waals surface area contributed by atoms with E-state index in [9.17, 15) is 0 Å². The third-order valence-electron chi connectivity index (χ3n) is 3.14. The molecule has 0 aromatic carbocycles. The minimum Gasteiger partial charge on any atom is -0.0625 e. The summed E-state index contributed by atoms with van der Waals surface area (Å²) < 4.78 is 0. The SMILES string of the molecule is CC1CCC2CC(C1)C2. The van der Waals surface area contributed by atoms with E-state index >= 15 is 0 Å². The average Bonchev–Trinajstić information content (AvgIpc) is 1.93. The Balaban J connectivity index is 1.96. The van der Waals surface area contributed by atoms with Gasteiger partial charge in [-0.2, -0.15) is 0 Å². The Morgan fingerprint density at radius 2 is 1.67 bits per heavy atom. The molecule has 1 unspecified atom stereocenters. The molecule has 0 aromatic heterocycles. The van der Waals surface area contributed by atoms with Crippen LogP contribution < -0.4 is 0 Å². The zero-order valence-corrected chi connectivity index (χ0v) is 6.27. The van der Waals surface area contributed by atoms with Crippen LogP contribution in [0.2, 0.25) is 0 Å². The first-order chi connectivity index (χ1) is 4.34. The van der Waals surface area contributed by atoms with Crippen molar-refractivity contribution in [2.75, 3.05) is 0 Å². The molecule has 52 valence electrons. The van der Waals surface area contributed by atoms with Crippen LogP contribution in [0, 0.1) is 17.8 Å². The van der Waals surface area contributed by atoms with Crippen molar-refractivity contribution in [1.29, 1.82) is 0 Å². The van der Waals surface area contributed by atoms with Gasteiger partial charge in [-0.3, -0.25) is 0 Å². The Morgan fingerprint density at radius 3 is 2.44 bits per heavy atom. The third-order valence-corrected chi connectivity index (χ3v) is 3.14. The van der Waals surface area contributed by atoms with Crippen molar-refractivity contribution < 1.29 is 0 Å². The van der Waals surface area contributed by atoms with E-state index in [1.165, 1.54) is 19.3 Å². The van der Waals surface area contributed by atoms with Crippen LogP contribution in [0.25, 0.3) is 0 Å². The predicted molar refractivity (Wildman–Crippen MR) is 39.2 cm³/mol. The molecule has 3 aliphatic rings. The molecule has 0 nitrogen and oxygen atoms in total. The average molecular weight is 124 g/mol. The molecule has 9 heavy (non-hydrogen) atoms. The second-order valence-electron chi connectivity index (χ2n) is 4.12. The summed E-state index contributed by atoms with van der Waals surface area (Å²) in [5.41, 5.74) is 0. The second kappa shape index (κ2) is 2.00. The predicted octanol–water partition coefficient (Wildman–Crippen LogP) is 2.83. The number of hydrogen-bond donors (Lipinski definition) is 0. The van der Waals surface area contributed by atoms with Gasteiger partial charge >= 0.3 is 0 Å². The lowest BCUT2D eigenvalue weighted by molar-refractivity contribution is 0.195. The molecule has 0 spiro atoms. The Kier molecular flexibility index (Phi) is 1.28. The molecular formula is C9H16. The summed E-state index contributed by atoms with van der Waals surface area (Å²) in [6.07, 6.45) is 7.74. The van der Waals surface area contributed by atoms with Crippen molar-refractivity contribution in [1.82, 2.24) is 0 Å². The zero-order valence-electron chi connectivity index (χ0n) is 6.27. The summed E-state index contributed by atoms with van der Waals surface area (Å²) in [5, 5.41) is 0. The highest BCUT2D eigenvalue weighted by atomic mass is 14.4. The van der Waals surface area contributed by atoms with Crippen molar-refractivity contribution >= 4 is 0 Å². The van der Waals surface area contributed by atoms with Crippen LogP contribution in [0.5, 0.6) is 0 Å². The molecule has 0 radical (unpaired) electrons. The lowest BCUT2D eigenvalue weighted by Crippen LogP contribution is -2.20. The molecule has 0 N–H and O–H groups in total. The van der Waals surface area contributed by atoms with Gasteiger partial charge in [0.2, 0.25) is 0 Å². The smallest absolute Gasteiger partial charge is 0.0406 e. The molecule has 0 heteroatoms. The summed E-state index contributed by atoms with van der Waals surface area (Å²) in [6.45, 7) is 2.42. The van der Waals surface area contributed by atoms with Crippen molar-refractivity contribution in [3.05, 3.63) is 0 Å². The highest BCUT2D eigenvalue weighted by Gasteiger charge is 2.32. The number of rotatable bonds is 0. The van der Waals surface area contributed by atoms with Gasteiger partial charge in [-0.1, -0.05) is 19.8 Å². The molecule has 3 fully saturated rings. The standard InChI is InChI=1S/C9H16/c1-7-2-3-8-5-9(4-7)6-8/h7-9H,2-6H2,1H3. The van der Waals surface area contributed by atoms with Crippen LogP contribution in [0.1, 0.15) is 39.0 Å². The molecule has 3 rings (SSSR count). The van der Waals surface area contributed by atoms with Crippen molar-refractivity contribution in [2.45, 2.75) is 39.0 Å². The van der Waals surface area contributed by atoms with E-state index in [-0.39, 0.29) is 0 Å². The van der Waals surface area contributed by atoms with E-state index in [0.29, 0.717) is 0 Å². The molecular weight excluding hydrogens is 108 g/mol. The molecule has 2 bridgehead atoms. The lowest BCUT2D eigenvalue weighted by atomic mass is 9.74. The van der Waals surface area contributed by atoms with Gasteiger partial charge in [-0.15, -0.1) is 0 Å². The zero-order chi connectivity index (χ0) is 6.27. The highest BCUT2D eigenvalue weighted by Crippen LogP contribution is 2.45. The molecule has 0 aliphatic heterocycles. The first-order valence-electron chi connectivity index (χ1n) is 4.34. The Hall–Kier alpha value is 0. The molecule has 0 saturated heterocycles. The van der Waals surface area contributed by atoms with Gasteiger partial charge in [0.1, 0.15) is 0 Å². The maximum absolute atomic E-state index is 2.42. The fraction of sp³-hybridized carbons (Fsp3) is 1.00. The van der Waals surface area contributed by atoms with Crippen LogP contribution in [0.3, 0.4) is 0 Å². The van der Waals surface area contributed by atoms with E-state index in [2.05, 4.69) is 6.92 Å². The Bertz CT molecular complexity index is 101. The van der Waals surface area contributed by atoms with Gasteiger partial charge in [-0.25, -0.2) is 0 Å². The lowest BCUT2D eigenvalue weighted by Gasteiger charge is -2.32. The first-order valence-corrected chi connectivity index (χ1v) is 4.34. The maximum atomic E-state index is 2.42. The minimum absolute atomic E-state index is 1.04. The van der Waals surface area contributed by atoms with E-state index < -0.39 is 0 Å². The molecule has 0 amide bonds. The number of hydrogen-bond acceptors (Lipinski definition) is 0. The van der Waals surface area contributed by atoms with Crippen LogP contribution in [0.4, 0.5) is 0 Å². The van der Waals surface area contributed by atoms with Crippen molar-refractivity contribution in [2.24, 2.45) is 17.8 Å². The largest absolute Gasteiger partial charge is 0.0625 e. The van der Waals surface area contributed by atoms with Gasteiger partial charge < -0.3 is 0 Å². The quantitative estimate of drug-likeness (QED) is 0.466. The molecule has 1 atom stereocenters. The van der Waals surface area contributed by atoms with Gasteiger partial charge in [0.05, 0.1) is 0 Å². The third kappa shape index (κ3) is 0.997. The van der Waals surface area contributed by atoms with Crippen LogP contribution in [0.15, 0.2) is 0 Å². The van der Waals surface area contributed by atoms with Gasteiger partial charge in [0, 0.05) is 0 Å². The first kappa shape index (κ1) is 5.76. The van der Waals surface area contributed by atoms with Crippen molar-refractivity contribution in [3.8, 4) is 0 Å². The van der Waals surface area contributed by atoms with E-state index in [1.54, 1.807) is 12.8 Å². The second-order valence-corrected chi connectivity index (χ2v) is 4.12. The Morgan fingerprint density at radius 1 is 0.889 bits per heavy atom. The monoisotopic (exact) mass is 124 g/mol. The van der Waals surface area contributed by atoms with Gasteiger partial charge in [-0.05, 0) is 37.0 Å². The van der Waals surface area contributed by atoms with Crippen LogP contribution in [-0.2, 0) is 0 Å². The molecule has 0 heterocycles. The minimum atomic E-state index is 1.04. The highest BCUT2D eigenvalue weighted by molar-refractivity contribution is 4.84. The normalized spacial score (nSPS) is 49.7. The molecule has 3 aliphatic carbocycles. The topological polar surface area (TPSA) is 0 Å². The van der Waals surface area contributed by atoms with Gasteiger partial charge in [0.15, 0.2) is 0 Å². The van der Waals surface area contributed by atoms with Gasteiger partial charge in [0.25, 0.3) is 0 Å². The Labute approximate surface area is 57.6 Å². The van der Waals surface area contributed by atoms with E-state index in [1.807, 2.05) is 0 Å². The fourth-order valence-electron chi connectivity index (χ4n) is 2.51. The number of fused-ring (bicyclic) bond motifs is 3.